The number of aryl methyl sites for hydroxylation is 1. The third kappa shape index (κ3) is 3.10. The molecule has 4 nitrogen and oxygen atoms in total. The van der Waals surface area contributed by atoms with E-state index >= 15 is 0 Å². The summed E-state index contributed by atoms with van der Waals surface area (Å²) in [6.07, 6.45) is 5.29. The molecule has 2 aromatic heterocycles. The number of thiazole rings is 1. The van der Waals surface area contributed by atoms with Gasteiger partial charge >= 0.3 is 0 Å². The van der Waals surface area contributed by atoms with Gasteiger partial charge in [0, 0.05) is 17.8 Å². The van der Waals surface area contributed by atoms with Crippen LogP contribution in [0.15, 0.2) is 42.6 Å². The Morgan fingerprint density at radius 3 is 2.70 bits per heavy atom. The molecule has 4 rings (SSSR count). The van der Waals surface area contributed by atoms with Crippen LogP contribution in [0.4, 0.5) is 11.6 Å². The molecule has 0 atom stereocenters. The first-order chi connectivity index (χ1) is 11.3. The SMILES string of the molecule is CCc1nc(C2CC2)c(-c2ccnc(Nc3ccccc3)n2)s1. The van der Waals surface area contributed by atoms with Crippen LogP contribution in [-0.2, 0) is 6.42 Å². The highest BCUT2D eigenvalue weighted by Gasteiger charge is 2.30. The molecular weight excluding hydrogens is 304 g/mol. The van der Waals surface area contributed by atoms with Crippen LogP contribution >= 0.6 is 11.3 Å². The van der Waals surface area contributed by atoms with Crippen molar-refractivity contribution in [2.24, 2.45) is 0 Å². The number of anilines is 2. The predicted octanol–water partition coefficient (Wildman–Crippen LogP) is 4.78. The maximum absolute atomic E-state index is 4.82. The maximum Gasteiger partial charge on any atom is 0.227 e. The lowest BCUT2D eigenvalue weighted by Gasteiger charge is -2.06. The largest absolute Gasteiger partial charge is 0.324 e. The summed E-state index contributed by atoms with van der Waals surface area (Å²) < 4.78 is 0. The van der Waals surface area contributed by atoms with Crippen molar-refractivity contribution in [2.45, 2.75) is 32.1 Å². The summed E-state index contributed by atoms with van der Waals surface area (Å²) >= 11 is 1.77. The van der Waals surface area contributed by atoms with Crippen molar-refractivity contribution in [1.29, 1.82) is 0 Å². The second-order valence-corrected chi connectivity index (χ2v) is 6.79. The second-order valence-electron chi connectivity index (χ2n) is 5.71. The molecule has 1 aromatic carbocycles. The average Bonchev–Trinajstić information content (AvgIpc) is 3.35. The molecule has 1 fully saturated rings. The van der Waals surface area contributed by atoms with Gasteiger partial charge in [-0.15, -0.1) is 11.3 Å². The first-order valence-corrected chi connectivity index (χ1v) is 8.80. The average molecular weight is 322 g/mol. The fourth-order valence-corrected chi connectivity index (χ4v) is 3.60. The number of hydrogen-bond donors (Lipinski definition) is 1. The number of nitrogens with one attached hydrogen (secondary N) is 1. The molecule has 23 heavy (non-hydrogen) atoms. The summed E-state index contributed by atoms with van der Waals surface area (Å²) in [5, 5.41) is 4.45. The third-order valence-corrected chi connectivity index (χ3v) is 5.12. The number of aromatic nitrogens is 3. The molecule has 1 aliphatic rings. The van der Waals surface area contributed by atoms with Gasteiger partial charge in [-0.05, 0) is 37.5 Å². The molecule has 3 aromatic rings. The zero-order valence-corrected chi connectivity index (χ0v) is 13.8. The van der Waals surface area contributed by atoms with Crippen molar-refractivity contribution in [1.82, 2.24) is 15.0 Å². The lowest BCUT2D eigenvalue weighted by Crippen LogP contribution is -1.97. The van der Waals surface area contributed by atoms with Crippen LogP contribution in [0, 0.1) is 0 Å². The van der Waals surface area contributed by atoms with Crippen molar-refractivity contribution < 1.29 is 0 Å². The molecule has 1 N–H and O–H groups in total. The van der Waals surface area contributed by atoms with Gasteiger partial charge in [0.05, 0.1) is 21.3 Å². The Morgan fingerprint density at radius 1 is 1.13 bits per heavy atom. The van der Waals surface area contributed by atoms with E-state index in [0.717, 1.165) is 17.8 Å². The van der Waals surface area contributed by atoms with Crippen molar-refractivity contribution in [3.8, 4) is 10.6 Å². The molecule has 0 amide bonds. The van der Waals surface area contributed by atoms with E-state index in [1.54, 1.807) is 11.3 Å². The first-order valence-electron chi connectivity index (χ1n) is 7.98. The van der Waals surface area contributed by atoms with E-state index in [0.29, 0.717) is 11.9 Å². The van der Waals surface area contributed by atoms with E-state index in [2.05, 4.69) is 17.2 Å². The maximum atomic E-state index is 4.82. The van der Waals surface area contributed by atoms with E-state index in [-0.39, 0.29) is 0 Å². The smallest absolute Gasteiger partial charge is 0.227 e. The van der Waals surface area contributed by atoms with Crippen molar-refractivity contribution >= 4 is 23.0 Å². The minimum atomic E-state index is 0.627. The minimum Gasteiger partial charge on any atom is -0.324 e. The number of nitrogens with zero attached hydrogens (tertiary/aromatic N) is 3. The van der Waals surface area contributed by atoms with Crippen LogP contribution in [0.5, 0.6) is 0 Å². The van der Waals surface area contributed by atoms with Gasteiger partial charge in [-0.1, -0.05) is 25.1 Å². The molecule has 0 bridgehead atoms. The van der Waals surface area contributed by atoms with Crippen LogP contribution in [0.25, 0.3) is 10.6 Å². The fraction of sp³-hybridized carbons (Fsp3) is 0.278. The lowest BCUT2D eigenvalue weighted by molar-refractivity contribution is 0.993. The number of rotatable bonds is 5. The van der Waals surface area contributed by atoms with E-state index in [1.165, 1.54) is 28.4 Å². The normalized spacial score (nSPS) is 14.0. The lowest BCUT2D eigenvalue weighted by atomic mass is 10.2. The quantitative estimate of drug-likeness (QED) is 0.734. The third-order valence-electron chi connectivity index (χ3n) is 3.88. The molecule has 0 aliphatic heterocycles. The van der Waals surface area contributed by atoms with E-state index in [9.17, 15) is 0 Å². The van der Waals surface area contributed by atoms with Crippen LogP contribution in [0.1, 0.15) is 36.4 Å². The first kappa shape index (κ1) is 14.3. The molecule has 0 unspecified atom stereocenters. The van der Waals surface area contributed by atoms with Crippen LogP contribution in [0.3, 0.4) is 0 Å². The molecule has 0 radical (unpaired) electrons. The van der Waals surface area contributed by atoms with Gasteiger partial charge in [-0.2, -0.15) is 0 Å². The number of hydrogen-bond acceptors (Lipinski definition) is 5. The zero-order chi connectivity index (χ0) is 15.6. The molecule has 0 saturated heterocycles. The Balaban J connectivity index is 1.67. The highest BCUT2D eigenvalue weighted by atomic mass is 32.1. The van der Waals surface area contributed by atoms with Crippen LogP contribution < -0.4 is 5.32 Å². The molecule has 1 aliphatic carbocycles. The minimum absolute atomic E-state index is 0.627. The molecule has 1 saturated carbocycles. The molecule has 116 valence electrons. The molecular formula is C18H18N4S. The fourth-order valence-electron chi connectivity index (χ4n) is 2.54. The second kappa shape index (κ2) is 6.08. The molecule has 5 heteroatoms. The van der Waals surface area contributed by atoms with Gasteiger partial charge < -0.3 is 5.32 Å². The summed E-state index contributed by atoms with van der Waals surface area (Å²) in [7, 11) is 0. The Hall–Kier alpha value is -2.27. The highest BCUT2D eigenvalue weighted by molar-refractivity contribution is 7.15. The summed E-state index contributed by atoms with van der Waals surface area (Å²) in [6.45, 7) is 2.15. The number of para-hydroxylation sites is 1. The summed E-state index contributed by atoms with van der Waals surface area (Å²) in [4.78, 5) is 15.1. The van der Waals surface area contributed by atoms with Crippen molar-refractivity contribution in [3.63, 3.8) is 0 Å². The van der Waals surface area contributed by atoms with E-state index in [4.69, 9.17) is 9.97 Å². The van der Waals surface area contributed by atoms with Gasteiger partial charge in [0.1, 0.15) is 0 Å². The molecule has 2 heterocycles. The highest BCUT2D eigenvalue weighted by Crippen LogP contribution is 2.45. The van der Waals surface area contributed by atoms with E-state index in [1.807, 2.05) is 42.6 Å². The topological polar surface area (TPSA) is 50.7 Å². The Kier molecular flexibility index (Phi) is 3.79. The number of benzene rings is 1. The monoisotopic (exact) mass is 322 g/mol. The van der Waals surface area contributed by atoms with Crippen molar-refractivity contribution in [2.75, 3.05) is 5.32 Å². The van der Waals surface area contributed by atoms with Gasteiger partial charge in [0.25, 0.3) is 0 Å². The van der Waals surface area contributed by atoms with Gasteiger partial charge in [0.15, 0.2) is 0 Å². The Morgan fingerprint density at radius 2 is 1.96 bits per heavy atom. The standard InChI is InChI=1S/C18H18N4S/c1-2-15-22-16(12-8-9-12)17(23-15)14-10-11-19-18(21-14)20-13-6-4-3-5-7-13/h3-7,10-12H,2,8-9H2,1H3,(H,19,20,21). The summed E-state index contributed by atoms with van der Waals surface area (Å²) in [5.41, 5.74) is 3.19. The summed E-state index contributed by atoms with van der Waals surface area (Å²) in [5.74, 6) is 1.25. The Labute approximate surface area is 139 Å². The van der Waals surface area contributed by atoms with Crippen LogP contribution in [-0.4, -0.2) is 15.0 Å². The predicted molar refractivity (Wildman–Crippen MR) is 94.2 cm³/mol. The van der Waals surface area contributed by atoms with E-state index < -0.39 is 0 Å². The van der Waals surface area contributed by atoms with Gasteiger partial charge in [-0.3, -0.25) is 0 Å². The molecule has 0 spiro atoms. The summed E-state index contributed by atoms with van der Waals surface area (Å²) in [6, 6.07) is 12.0. The Bertz CT molecular complexity index is 809. The van der Waals surface area contributed by atoms with Crippen molar-refractivity contribution in [3.05, 3.63) is 53.3 Å². The van der Waals surface area contributed by atoms with Gasteiger partial charge in [0.2, 0.25) is 5.95 Å². The van der Waals surface area contributed by atoms with Crippen LogP contribution in [0.2, 0.25) is 0 Å². The van der Waals surface area contributed by atoms with Gasteiger partial charge in [-0.25, -0.2) is 15.0 Å². The zero-order valence-electron chi connectivity index (χ0n) is 13.0.